The average molecular weight is 534 g/mol. The van der Waals surface area contributed by atoms with Gasteiger partial charge in [-0.3, -0.25) is 24.1 Å². The summed E-state index contributed by atoms with van der Waals surface area (Å²) in [6.07, 6.45) is 0. The van der Waals surface area contributed by atoms with Crippen LogP contribution in [0.4, 0.5) is 10.7 Å². The fourth-order valence-electron chi connectivity index (χ4n) is 4.34. The van der Waals surface area contributed by atoms with Crippen molar-refractivity contribution in [2.45, 2.75) is 33.7 Å². The van der Waals surface area contributed by atoms with Gasteiger partial charge in [0.1, 0.15) is 11.0 Å². The van der Waals surface area contributed by atoms with Crippen LogP contribution in [0.1, 0.15) is 67.1 Å². The number of hydrogen-bond donors (Lipinski definition) is 2. The van der Waals surface area contributed by atoms with Crippen molar-refractivity contribution in [2.75, 3.05) is 17.2 Å². The molecular formula is C28H27N3O6S. The smallest absolute Gasteiger partial charge is 0.341 e. The van der Waals surface area contributed by atoms with Crippen LogP contribution in [0.25, 0.3) is 0 Å². The lowest BCUT2D eigenvalue weighted by Crippen LogP contribution is -2.50. The van der Waals surface area contributed by atoms with E-state index in [4.69, 9.17) is 4.74 Å². The molecule has 1 unspecified atom stereocenters. The number of imide groups is 1. The SMILES string of the molecule is CCOC(=O)c1c(NC(=O)C(C(C)C)N2C(=O)c3ccccc3C2=O)sc(C(=O)Nc2ccccc2)c1C. The van der Waals surface area contributed by atoms with Crippen molar-refractivity contribution in [1.29, 1.82) is 0 Å². The van der Waals surface area contributed by atoms with Crippen LogP contribution in [0.15, 0.2) is 54.6 Å². The molecule has 0 radical (unpaired) electrons. The van der Waals surface area contributed by atoms with Gasteiger partial charge >= 0.3 is 5.97 Å². The second kappa shape index (κ2) is 11.0. The summed E-state index contributed by atoms with van der Waals surface area (Å²) >= 11 is 0.923. The van der Waals surface area contributed by atoms with Gasteiger partial charge in [-0.1, -0.05) is 44.2 Å². The van der Waals surface area contributed by atoms with Crippen molar-refractivity contribution in [2.24, 2.45) is 5.92 Å². The molecule has 0 aliphatic carbocycles. The first-order valence-electron chi connectivity index (χ1n) is 12.1. The lowest BCUT2D eigenvalue weighted by molar-refractivity contribution is -0.121. The molecule has 4 rings (SSSR count). The lowest BCUT2D eigenvalue weighted by Gasteiger charge is -2.28. The van der Waals surface area contributed by atoms with Gasteiger partial charge in [-0.05, 0) is 49.6 Å². The van der Waals surface area contributed by atoms with Gasteiger partial charge < -0.3 is 15.4 Å². The van der Waals surface area contributed by atoms with Gasteiger partial charge in [-0.25, -0.2) is 4.79 Å². The van der Waals surface area contributed by atoms with Crippen LogP contribution >= 0.6 is 11.3 Å². The Morgan fingerprint density at radius 3 is 2.05 bits per heavy atom. The van der Waals surface area contributed by atoms with Crippen molar-refractivity contribution < 1.29 is 28.7 Å². The maximum Gasteiger partial charge on any atom is 0.341 e. The van der Waals surface area contributed by atoms with E-state index in [0.29, 0.717) is 11.3 Å². The molecule has 0 spiro atoms. The number of benzene rings is 2. The number of hydrogen-bond acceptors (Lipinski definition) is 7. The number of anilines is 2. The second-order valence-electron chi connectivity index (χ2n) is 9.00. The zero-order valence-electron chi connectivity index (χ0n) is 21.4. The standard InChI is InChI=1S/C28H27N3O6S/c1-5-37-28(36)20-16(4)22(24(33)29-17-11-7-6-8-12-17)38-25(20)30-23(32)21(15(2)3)31-26(34)18-13-9-10-14-19(18)27(31)35/h6-15,21H,5H2,1-4H3,(H,29,33)(H,30,32). The van der Waals surface area contributed by atoms with E-state index in [2.05, 4.69) is 10.6 Å². The Kier molecular flexibility index (Phi) is 7.72. The molecular weight excluding hydrogens is 506 g/mol. The van der Waals surface area contributed by atoms with Gasteiger partial charge in [0.15, 0.2) is 0 Å². The molecule has 0 fully saturated rings. The summed E-state index contributed by atoms with van der Waals surface area (Å²) in [7, 11) is 0. The zero-order valence-corrected chi connectivity index (χ0v) is 22.2. The quantitative estimate of drug-likeness (QED) is 0.319. The molecule has 1 aliphatic heterocycles. The van der Waals surface area contributed by atoms with Gasteiger partial charge in [0.05, 0.1) is 28.2 Å². The Balaban J connectivity index is 1.67. The van der Waals surface area contributed by atoms with Gasteiger partial charge in [0.25, 0.3) is 17.7 Å². The molecule has 0 bridgehead atoms. The molecule has 0 saturated heterocycles. The topological polar surface area (TPSA) is 122 Å². The largest absolute Gasteiger partial charge is 0.462 e. The number of nitrogens with zero attached hydrogens (tertiary/aromatic N) is 1. The molecule has 9 nitrogen and oxygen atoms in total. The van der Waals surface area contributed by atoms with E-state index < -0.39 is 41.6 Å². The Morgan fingerprint density at radius 2 is 1.50 bits per heavy atom. The Morgan fingerprint density at radius 1 is 0.921 bits per heavy atom. The number of fused-ring (bicyclic) bond motifs is 1. The normalized spacial score (nSPS) is 13.3. The Bertz CT molecular complexity index is 1390. The highest BCUT2D eigenvalue weighted by molar-refractivity contribution is 7.19. The number of para-hydroxylation sites is 1. The monoisotopic (exact) mass is 533 g/mol. The molecule has 0 saturated carbocycles. The number of thiophene rings is 1. The first-order valence-corrected chi connectivity index (χ1v) is 12.9. The number of rotatable bonds is 8. The van der Waals surface area contributed by atoms with Crippen LogP contribution in [0, 0.1) is 12.8 Å². The van der Waals surface area contributed by atoms with Gasteiger partial charge in [-0.2, -0.15) is 0 Å². The fraction of sp³-hybridized carbons (Fsp3) is 0.250. The highest BCUT2D eigenvalue weighted by Gasteiger charge is 2.44. The summed E-state index contributed by atoms with van der Waals surface area (Å²) < 4.78 is 5.19. The van der Waals surface area contributed by atoms with Crippen LogP contribution in [0.2, 0.25) is 0 Å². The third-order valence-electron chi connectivity index (χ3n) is 6.10. The van der Waals surface area contributed by atoms with Crippen LogP contribution < -0.4 is 10.6 Å². The van der Waals surface area contributed by atoms with E-state index in [1.54, 1.807) is 76.2 Å². The molecule has 4 amide bonds. The summed E-state index contributed by atoms with van der Waals surface area (Å²) in [5.41, 5.74) is 1.43. The minimum absolute atomic E-state index is 0.0493. The fourth-order valence-corrected chi connectivity index (χ4v) is 5.43. The van der Waals surface area contributed by atoms with Crippen molar-refractivity contribution >= 4 is 51.6 Å². The van der Waals surface area contributed by atoms with Gasteiger partial charge in [0.2, 0.25) is 5.91 Å². The van der Waals surface area contributed by atoms with Crippen molar-refractivity contribution in [3.8, 4) is 0 Å². The predicted molar refractivity (Wildman–Crippen MR) is 144 cm³/mol. The molecule has 2 aromatic carbocycles. The molecule has 1 aromatic heterocycles. The molecule has 3 aromatic rings. The zero-order chi connectivity index (χ0) is 27.6. The molecule has 38 heavy (non-hydrogen) atoms. The van der Waals surface area contributed by atoms with E-state index in [1.165, 1.54) is 0 Å². The summed E-state index contributed by atoms with van der Waals surface area (Å²) in [4.78, 5) is 66.9. The number of carbonyl (C=O) groups is 5. The van der Waals surface area contributed by atoms with E-state index in [0.717, 1.165) is 16.2 Å². The van der Waals surface area contributed by atoms with E-state index in [9.17, 15) is 24.0 Å². The Labute approximate surface area is 223 Å². The number of ether oxygens (including phenoxy) is 1. The van der Waals surface area contributed by atoms with Crippen LogP contribution in [-0.4, -0.2) is 47.1 Å². The number of esters is 1. The third-order valence-corrected chi connectivity index (χ3v) is 7.31. The van der Waals surface area contributed by atoms with Crippen LogP contribution in [0.5, 0.6) is 0 Å². The summed E-state index contributed by atoms with van der Waals surface area (Å²) in [5.74, 6) is -3.37. The maximum absolute atomic E-state index is 13.6. The maximum atomic E-state index is 13.6. The van der Waals surface area contributed by atoms with Crippen LogP contribution in [0.3, 0.4) is 0 Å². The molecule has 10 heteroatoms. The molecule has 2 N–H and O–H groups in total. The van der Waals surface area contributed by atoms with Gasteiger partial charge in [0, 0.05) is 5.69 Å². The molecule has 1 atom stereocenters. The van der Waals surface area contributed by atoms with Crippen LogP contribution in [-0.2, 0) is 9.53 Å². The third kappa shape index (κ3) is 4.95. The lowest BCUT2D eigenvalue weighted by atomic mass is 10.0. The summed E-state index contributed by atoms with van der Waals surface area (Å²) in [6.45, 7) is 6.79. The first kappa shape index (κ1) is 26.7. The molecule has 2 heterocycles. The van der Waals surface area contributed by atoms with E-state index in [1.807, 2.05) is 6.07 Å². The number of amides is 4. The van der Waals surface area contributed by atoms with E-state index in [-0.39, 0.29) is 33.2 Å². The first-order chi connectivity index (χ1) is 18.1. The minimum atomic E-state index is -1.15. The van der Waals surface area contributed by atoms with Crippen molar-refractivity contribution in [3.05, 3.63) is 81.7 Å². The number of carbonyl (C=O) groups excluding carboxylic acids is 5. The molecule has 1 aliphatic rings. The van der Waals surface area contributed by atoms with E-state index >= 15 is 0 Å². The second-order valence-corrected chi connectivity index (χ2v) is 10.0. The van der Waals surface area contributed by atoms with Crippen molar-refractivity contribution in [3.63, 3.8) is 0 Å². The van der Waals surface area contributed by atoms with Crippen molar-refractivity contribution in [1.82, 2.24) is 4.90 Å². The number of nitrogens with one attached hydrogen (secondary N) is 2. The average Bonchev–Trinajstić information content (AvgIpc) is 3.34. The highest BCUT2D eigenvalue weighted by atomic mass is 32.1. The summed E-state index contributed by atoms with van der Waals surface area (Å²) in [6, 6.07) is 14.1. The predicted octanol–water partition coefficient (Wildman–Crippen LogP) is 4.74. The highest BCUT2D eigenvalue weighted by Crippen LogP contribution is 2.35. The minimum Gasteiger partial charge on any atom is -0.462 e. The summed E-state index contributed by atoms with van der Waals surface area (Å²) in [5, 5.41) is 5.59. The molecule has 196 valence electrons. The Hall–Kier alpha value is -4.31. The van der Waals surface area contributed by atoms with Gasteiger partial charge in [-0.15, -0.1) is 11.3 Å².